The predicted molar refractivity (Wildman–Crippen MR) is 79.5 cm³/mol. The van der Waals surface area contributed by atoms with Gasteiger partial charge >= 0.3 is 5.97 Å². The van der Waals surface area contributed by atoms with Gasteiger partial charge in [0.25, 0.3) is 0 Å². The fourth-order valence-electron chi connectivity index (χ4n) is 3.47. The van der Waals surface area contributed by atoms with Gasteiger partial charge in [0.1, 0.15) is 0 Å². The van der Waals surface area contributed by atoms with Gasteiger partial charge in [0.15, 0.2) is 11.7 Å². The first-order valence-electron chi connectivity index (χ1n) is 6.93. The lowest BCUT2D eigenvalue weighted by Gasteiger charge is -2.35. The van der Waals surface area contributed by atoms with E-state index >= 15 is 0 Å². The summed E-state index contributed by atoms with van der Waals surface area (Å²) in [6.45, 7) is 1.36. The van der Waals surface area contributed by atoms with Gasteiger partial charge in [0.05, 0.1) is 0 Å². The van der Waals surface area contributed by atoms with Crippen LogP contribution in [0.2, 0.25) is 0 Å². The van der Waals surface area contributed by atoms with E-state index in [0.717, 1.165) is 27.8 Å². The highest BCUT2D eigenvalue weighted by Crippen LogP contribution is 2.53. The number of carbonyl (C=O) groups is 1. The van der Waals surface area contributed by atoms with Crippen molar-refractivity contribution in [2.24, 2.45) is 0 Å². The van der Waals surface area contributed by atoms with Gasteiger partial charge in [-0.2, -0.15) is 0 Å². The lowest BCUT2D eigenvalue weighted by atomic mass is 9.79. The molecule has 2 aromatic carbocycles. The maximum absolute atomic E-state index is 11.4. The maximum Gasteiger partial charge on any atom is 0.303 e. The lowest BCUT2D eigenvalue weighted by Crippen LogP contribution is -2.42. The zero-order valence-electron chi connectivity index (χ0n) is 11.5. The largest absolute Gasteiger partial charge is 0.454 e. The molecule has 0 fully saturated rings. The third-order valence-electron chi connectivity index (χ3n) is 4.26. The molecule has 0 saturated carbocycles. The van der Waals surface area contributed by atoms with Crippen LogP contribution in [0.15, 0.2) is 48.5 Å². The van der Waals surface area contributed by atoms with Crippen molar-refractivity contribution in [2.45, 2.75) is 18.6 Å². The standard InChI is InChI=1S/C18H14O3/c1-11(19)21-16-10-9-12-5-4-7-14-13-6-2-3-8-15(13)18(16,20)17(12)14/h2-10,16,20H,1H3/t16-,18+/m0/s1. The average molecular weight is 278 g/mol. The summed E-state index contributed by atoms with van der Waals surface area (Å²) >= 11 is 0. The van der Waals surface area contributed by atoms with Crippen LogP contribution < -0.4 is 0 Å². The van der Waals surface area contributed by atoms with E-state index in [-0.39, 0.29) is 0 Å². The highest BCUT2D eigenvalue weighted by Gasteiger charge is 2.50. The molecule has 0 unspecified atom stereocenters. The second kappa shape index (κ2) is 4.06. The molecule has 2 atom stereocenters. The van der Waals surface area contributed by atoms with Gasteiger partial charge in [-0.3, -0.25) is 4.79 Å². The Labute approximate surface area is 122 Å². The van der Waals surface area contributed by atoms with Crippen LogP contribution in [0, 0.1) is 0 Å². The SMILES string of the molecule is CC(=O)O[C@H]1C=Cc2cccc3c2[C@@]1(O)c1ccccc1-3. The lowest BCUT2D eigenvalue weighted by molar-refractivity contribution is -0.154. The van der Waals surface area contributed by atoms with Gasteiger partial charge in [-0.1, -0.05) is 48.5 Å². The molecule has 0 aromatic heterocycles. The third-order valence-corrected chi connectivity index (χ3v) is 4.26. The Morgan fingerprint density at radius 2 is 1.90 bits per heavy atom. The third kappa shape index (κ3) is 1.49. The molecule has 0 bridgehead atoms. The van der Waals surface area contributed by atoms with Crippen LogP contribution >= 0.6 is 0 Å². The zero-order chi connectivity index (χ0) is 14.6. The van der Waals surface area contributed by atoms with Crippen molar-refractivity contribution in [1.82, 2.24) is 0 Å². The molecule has 21 heavy (non-hydrogen) atoms. The van der Waals surface area contributed by atoms with Gasteiger partial charge in [-0.25, -0.2) is 0 Å². The number of aliphatic hydroxyl groups is 1. The van der Waals surface area contributed by atoms with Crippen molar-refractivity contribution in [3.63, 3.8) is 0 Å². The molecule has 1 N–H and O–H groups in total. The summed E-state index contributed by atoms with van der Waals surface area (Å²) in [6, 6.07) is 13.7. The number of rotatable bonds is 1. The van der Waals surface area contributed by atoms with E-state index in [0.29, 0.717) is 0 Å². The van der Waals surface area contributed by atoms with Crippen LogP contribution in [-0.4, -0.2) is 17.2 Å². The highest BCUT2D eigenvalue weighted by molar-refractivity contribution is 5.86. The van der Waals surface area contributed by atoms with Crippen molar-refractivity contribution in [2.75, 3.05) is 0 Å². The van der Waals surface area contributed by atoms with Crippen LogP contribution in [-0.2, 0) is 15.1 Å². The number of ether oxygens (including phenoxy) is 1. The molecule has 2 aromatic rings. The first-order chi connectivity index (χ1) is 10.1. The summed E-state index contributed by atoms with van der Waals surface area (Å²) in [4.78, 5) is 11.4. The first kappa shape index (κ1) is 12.4. The van der Waals surface area contributed by atoms with Crippen LogP contribution in [0.4, 0.5) is 0 Å². The van der Waals surface area contributed by atoms with E-state index < -0.39 is 17.7 Å². The second-order valence-electron chi connectivity index (χ2n) is 5.47. The minimum atomic E-state index is -1.30. The summed E-state index contributed by atoms with van der Waals surface area (Å²) in [7, 11) is 0. The molecule has 3 nitrogen and oxygen atoms in total. The van der Waals surface area contributed by atoms with Crippen LogP contribution in [0.1, 0.15) is 23.6 Å². The minimum Gasteiger partial charge on any atom is -0.454 e. The predicted octanol–water partition coefficient (Wildman–Crippen LogP) is 2.86. The zero-order valence-corrected chi connectivity index (χ0v) is 11.5. The fraction of sp³-hybridized carbons (Fsp3) is 0.167. The Balaban J connectivity index is 2.04. The summed E-state index contributed by atoms with van der Waals surface area (Å²) in [6.07, 6.45) is 2.97. The summed E-state index contributed by atoms with van der Waals surface area (Å²) < 4.78 is 5.37. The average Bonchev–Trinajstić information content (AvgIpc) is 2.75. The van der Waals surface area contributed by atoms with Crippen molar-refractivity contribution in [3.8, 4) is 11.1 Å². The Bertz CT molecular complexity index is 791. The number of carbonyl (C=O) groups excluding carboxylic acids is 1. The van der Waals surface area contributed by atoms with Crippen LogP contribution in [0.3, 0.4) is 0 Å². The van der Waals surface area contributed by atoms with E-state index in [1.165, 1.54) is 6.92 Å². The van der Waals surface area contributed by atoms with E-state index in [4.69, 9.17) is 4.74 Å². The van der Waals surface area contributed by atoms with Crippen molar-refractivity contribution >= 4 is 12.0 Å². The normalized spacial score (nSPS) is 24.4. The van der Waals surface area contributed by atoms with Gasteiger partial charge in [0, 0.05) is 12.5 Å². The Kier molecular flexibility index (Phi) is 2.39. The Hall–Kier alpha value is -2.39. The summed E-state index contributed by atoms with van der Waals surface area (Å²) in [5.41, 5.74) is 3.30. The Morgan fingerprint density at radius 3 is 2.71 bits per heavy atom. The first-order valence-corrected chi connectivity index (χ1v) is 6.93. The van der Waals surface area contributed by atoms with Gasteiger partial charge in [0.2, 0.25) is 0 Å². The summed E-state index contributed by atoms with van der Waals surface area (Å²) in [5.74, 6) is -0.400. The van der Waals surface area contributed by atoms with Gasteiger partial charge < -0.3 is 9.84 Å². The molecule has 0 saturated heterocycles. The molecule has 0 radical (unpaired) electrons. The van der Waals surface area contributed by atoms with Crippen LogP contribution in [0.5, 0.6) is 0 Å². The number of hydrogen-bond donors (Lipinski definition) is 1. The maximum atomic E-state index is 11.4. The summed E-state index contributed by atoms with van der Waals surface area (Å²) in [5, 5.41) is 11.4. The minimum absolute atomic E-state index is 0.400. The molecule has 0 heterocycles. The van der Waals surface area contributed by atoms with Gasteiger partial charge in [-0.05, 0) is 28.3 Å². The molecule has 3 heteroatoms. The molecular weight excluding hydrogens is 264 g/mol. The molecule has 4 rings (SSSR count). The second-order valence-corrected chi connectivity index (χ2v) is 5.47. The quantitative estimate of drug-likeness (QED) is 0.816. The molecule has 2 aliphatic carbocycles. The monoisotopic (exact) mass is 278 g/mol. The van der Waals surface area contributed by atoms with E-state index in [1.54, 1.807) is 6.08 Å². The number of fused-ring (bicyclic) bond motifs is 3. The van der Waals surface area contributed by atoms with Gasteiger partial charge in [-0.15, -0.1) is 0 Å². The van der Waals surface area contributed by atoms with Crippen molar-refractivity contribution < 1.29 is 14.6 Å². The number of benzene rings is 2. The molecule has 0 spiro atoms. The molecule has 0 amide bonds. The van der Waals surface area contributed by atoms with E-state index in [1.807, 2.05) is 48.5 Å². The topological polar surface area (TPSA) is 46.5 Å². The highest BCUT2D eigenvalue weighted by atomic mass is 16.6. The smallest absolute Gasteiger partial charge is 0.303 e. The fourth-order valence-corrected chi connectivity index (χ4v) is 3.47. The molecular formula is C18H14O3. The van der Waals surface area contributed by atoms with E-state index in [9.17, 15) is 9.90 Å². The van der Waals surface area contributed by atoms with Crippen molar-refractivity contribution in [3.05, 3.63) is 65.2 Å². The Morgan fingerprint density at radius 1 is 1.14 bits per heavy atom. The molecule has 0 aliphatic heterocycles. The number of esters is 1. The van der Waals surface area contributed by atoms with E-state index in [2.05, 4.69) is 0 Å². The van der Waals surface area contributed by atoms with Crippen LogP contribution in [0.25, 0.3) is 17.2 Å². The molecule has 104 valence electrons. The van der Waals surface area contributed by atoms with Crippen molar-refractivity contribution in [1.29, 1.82) is 0 Å². The number of hydrogen-bond acceptors (Lipinski definition) is 3. The molecule has 2 aliphatic rings.